The van der Waals surface area contributed by atoms with Crippen molar-refractivity contribution in [2.75, 3.05) is 6.54 Å². The fraction of sp³-hybridized carbons (Fsp3) is 0.625. The lowest BCUT2D eigenvalue weighted by Crippen LogP contribution is -2.33. The molecule has 106 valence electrons. The SMILES string of the molecule is NCC1(Cc2ccc(F)c(F)c2)CCCCCCC1. The second kappa shape index (κ2) is 6.47. The summed E-state index contributed by atoms with van der Waals surface area (Å²) < 4.78 is 26.3. The van der Waals surface area contributed by atoms with Gasteiger partial charge >= 0.3 is 0 Å². The minimum atomic E-state index is -0.775. The molecule has 0 amide bonds. The number of benzene rings is 1. The van der Waals surface area contributed by atoms with Gasteiger partial charge in [-0.1, -0.05) is 38.2 Å². The summed E-state index contributed by atoms with van der Waals surface area (Å²) in [5.74, 6) is -1.53. The van der Waals surface area contributed by atoms with Crippen molar-refractivity contribution in [3.05, 3.63) is 35.4 Å². The Labute approximate surface area is 114 Å². The molecular weight excluding hydrogens is 244 g/mol. The minimum Gasteiger partial charge on any atom is -0.330 e. The third-order valence-electron chi connectivity index (χ3n) is 4.41. The summed E-state index contributed by atoms with van der Waals surface area (Å²) in [4.78, 5) is 0. The Morgan fingerprint density at radius 1 is 0.947 bits per heavy atom. The summed E-state index contributed by atoms with van der Waals surface area (Å²) >= 11 is 0. The maximum atomic E-state index is 13.3. The molecule has 0 heterocycles. The van der Waals surface area contributed by atoms with Crippen LogP contribution in [-0.2, 0) is 6.42 Å². The van der Waals surface area contributed by atoms with E-state index in [0.29, 0.717) is 6.54 Å². The van der Waals surface area contributed by atoms with Crippen molar-refractivity contribution in [3.63, 3.8) is 0 Å². The molecule has 2 rings (SSSR count). The van der Waals surface area contributed by atoms with Crippen LogP contribution >= 0.6 is 0 Å². The standard InChI is InChI=1S/C16H23F2N/c17-14-7-6-13(10-15(14)18)11-16(12-19)8-4-2-1-3-5-9-16/h6-7,10H,1-5,8-9,11-12,19H2. The zero-order chi connectivity index (χ0) is 13.7. The van der Waals surface area contributed by atoms with E-state index in [1.54, 1.807) is 6.07 Å². The lowest BCUT2D eigenvalue weighted by atomic mass is 9.72. The first-order valence-corrected chi connectivity index (χ1v) is 7.29. The van der Waals surface area contributed by atoms with Gasteiger partial charge in [0.1, 0.15) is 0 Å². The zero-order valence-corrected chi connectivity index (χ0v) is 11.4. The van der Waals surface area contributed by atoms with Crippen molar-refractivity contribution in [1.29, 1.82) is 0 Å². The minimum absolute atomic E-state index is 0.0741. The van der Waals surface area contributed by atoms with Gasteiger partial charge in [-0.25, -0.2) is 8.78 Å². The van der Waals surface area contributed by atoms with E-state index >= 15 is 0 Å². The van der Waals surface area contributed by atoms with Gasteiger partial charge in [-0.15, -0.1) is 0 Å². The van der Waals surface area contributed by atoms with Crippen molar-refractivity contribution in [3.8, 4) is 0 Å². The van der Waals surface area contributed by atoms with E-state index in [1.807, 2.05) is 0 Å². The highest BCUT2D eigenvalue weighted by Crippen LogP contribution is 2.36. The molecule has 1 saturated carbocycles. The monoisotopic (exact) mass is 267 g/mol. The molecular formula is C16H23F2N. The molecule has 0 bridgehead atoms. The van der Waals surface area contributed by atoms with Gasteiger partial charge in [0.2, 0.25) is 0 Å². The first-order chi connectivity index (χ1) is 9.15. The van der Waals surface area contributed by atoms with Gasteiger partial charge in [0, 0.05) is 0 Å². The second-order valence-corrected chi connectivity index (χ2v) is 5.90. The predicted octanol–water partition coefficient (Wildman–Crippen LogP) is 4.20. The molecule has 0 aromatic heterocycles. The maximum absolute atomic E-state index is 13.3. The average Bonchev–Trinajstić information content (AvgIpc) is 2.37. The van der Waals surface area contributed by atoms with E-state index in [2.05, 4.69) is 0 Å². The Hall–Kier alpha value is -0.960. The number of hydrogen-bond acceptors (Lipinski definition) is 1. The topological polar surface area (TPSA) is 26.0 Å². The fourth-order valence-electron chi connectivity index (χ4n) is 3.19. The molecule has 0 unspecified atom stereocenters. The first kappa shape index (κ1) is 14.4. The molecule has 3 heteroatoms. The highest BCUT2D eigenvalue weighted by atomic mass is 19.2. The van der Waals surface area contributed by atoms with Gasteiger partial charge in [-0.2, -0.15) is 0 Å². The largest absolute Gasteiger partial charge is 0.330 e. The smallest absolute Gasteiger partial charge is 0.159 e. The Balaban J connectivity index is 2.13. The summed E-state index contributed by atoms with van der Waals surface area (Å²) in [6.07, 6.45) is 9.19. The van der Waals surface area contributed by atoms with Crippen LogP contribution in [0.5, 0.6) is 0 Å². The molecule has 1 aliphatic carbocycles. The number of halogens is 2. The fourth-order valence-corrected chi connectivity index (χ4v) is 3.19. The van der Waals surface area contributed by atoms with E-state index in [1.165, 1.54) is 44.2 Å². The Kier molecular flexibility index (Phi) is 4.92. The van der Waals surface area contributed by atoms with Crippen LogP contribution in [0.3, 0.4) is 0 Å². The van der Waals surface area contributed by atoms with Crippen molar-refractivity contribution in [2.45, 2.75) is 51.4 Å². The molecule has 0 saturated heterocycles. The van der Waals surface area contributed by atoms with Crippen molar-refractivity contribution in [1.82, 2.24) is 0 Å². The quantitative estimate of drug-likeness (QED) is 0.872. The molecule has 1 aliphatic rings. The van der Waals surface area contributed by atoms with E-state index < -0.39 is 11.6 Å². The summed E-state index contributed by atoms with van der Waals surface area (Å²) in [6, 6.07) is 4.23. The normalized spacial score (nSPS) is 19.7. The molecule has 0 atom stereocenters. The predicted molar refractivity (Wildman–Crippen MR) is 73.9 cm³/mol. The molecule has 0 spiro atoms. The highest BCUT2D eigenvalue weighted by molar-refractivity contribution is 5.19. The maximum Gasteiger partial charge on any atom is 0.159 e. The van der Waals surface area contributed by atoms with Crippen molar-refractivity contribution >= 4 is 0 Å². The molecule has 1 aromatic rings. The van der Waals surface area contributed by atoms with E-state index in [4.69, 9.17) is 5.73 Å². The molecule has 1 aromatic carbocycles. The molecule has 1 nitrogen and oxygen atoms in total. The summed E-state index contributed by atoms with van der Waals surface area (Å²) in [7, 11) is 0. The van der Waals surface area contributed by atoms with E-state index in [-0.39, 0.29) is 5.41 Å². The van der Waals surface area contributed by atoms with Crippen LogP contribution in [0.1, 0.15) is 50.5 Å². The molecule has 0 aliphatic heterocycles. The third kappa shape index (κ3) is 3.75. The summed E-state index contributed by atoms with van der Waals surface area (Å²) in [5.41, 5.74) is 6.95. The summed E-state index contributed by atoms with van der Waals surface area (Å²) in [6.45, 7) is 0.631. The van der Waals surface area contributed by atoms with Crippen LogP contribution in [-0.4, -0.2) is 6.54 Å². The van der Waals surface area contributed by atoms with Gasteiger partial charge in [0.05, 0.1) is 0 Å². The van der Waals surface area contributed by atoms with Gasteiger partial charge in [0.15, 0.2) is 11.6 Å². The van der Waals surface area contributed by atoms with E-state index in [9.17, 15) is 8.78 Å². The second-order valence-electron chi connectivity index (χ2n) is 5.90. The Morgan fingerprint density at radius 2 is 1.58 bits per heavy atom. The van der Waals surface area contributed by atoms with Crippen LogP contribution in [0, 0.1) is 17.0 Å². The molecule has 19 heavy (non-hydrogen) atoms. The molecule has 2 N–H and O–H groups in total. The Bertz CT molecular complexity index is 409. The van der Waals surface area contributed by atoms with Crippen LogP contribution in [0.2, 0.25) is 0 Å². The van der Waals surface area contributed by atoms with Crippen LogP contribution < -0.4 is 5.73 Å². The number of nitrogens with two attached hydrogens (primary N) is 1. The number of hydrogen-bond donors (Lipinski definition) is 1. The zero-order valence-electron chi connectivity index (χ0n) is 11.4. The van der Waals surface area contributed by atoms with Crippen LogP contribution in [0.15, 0.2) is 18.2 Å². The summed E-state index contributed by atoms with van der Waals surface area (Å²) in [5, 5.41) is 0. The van der Waals surface area contributed by atoms with E-state index in [0.717, 1.165) is 24.8 Å². The average molecular weight is 267 g/mol. The molecule has 0 radical (unpaired) electrons. The van der Waals surface area contributed by atoms with Gasteiger partial charge in [0.25, 0.3) is 0 Å². The molecule has 1 fully saturated rings. The van der Waals surface area contributed by atoms with Crippen LogP contribution in [0.4, 0.5) is 8.78 Å². The first-order valence-electron chi connectivity index (χ1n) is 7.29. The van der Waals surface area contributed by atoms with Crippen LogP contribution in [0.25, 0.3) is 0 Å². The highest BCUT2D eigenvalue weighted by Gasteiger charge is 2.29. The van der Waals surface area contributed by atoms with Crippen molar-refractivity contribution in [2.24, 2.45) is 11.1 Å². The van der Waals surface area contributed by atoms with Gasteiger partial charge in [-0.05, 0) is 48.9 Å². The lowest BCUT2D eigenvalue weighted by molar-refractivity contribution is 0.216. The van der Waals surface area contributed by atoms with Gasteiger partial charge < -0.3 is 5.73 Å². The Morgan fingerprint density at radius 3 is 2.16 bits per heavy atom. The lowest BCUT2D eigenvalue weighted by Gasteiger charge is -2.34. The van der Waals surface area contributed by atoms with Crippen molar-refractivity contribution < 1.29 is 8.78 Å². The van der Waals surface area contributed by atoms with Gasteiger partial charge in [-0.3, -0.25) is 0 Å². The number of rotatable bonds is 3. The third-order valence-corrected chi connectivity index (χ3v) is 4.41.